The zero-order chi connectivity index (χ0) is 16.2. The molecule has 0 aromatic carbocycles. The number of nitrogens with one attached hydrogen (secondary N) is 1. The Morgan fingerprint density at radius 1 is 1.30 bits per heavy atom. The Morgan fingerprint density at radius 3 is 2.83 bits per heavy atom. The maximum Gasteiger partial charge on any atom is 0.143 e. The number of aromatic nitrogens is 3. The van der Waals surface area contributed by atoms with Gasteiger partial charge in [-0.2, -0.15) is 0 Å². The molecule has 5 nitrogen and oxygen atoms in total. The monoisotopic (exact) mass is 315 g/mol. The number of anilines is 1. The number of fused-ring (bicyclic) bond motifs is 1. The Kier molecular flexibility index (Phi) is 5.16. The van der Waals surface area contributed by atoms with E-state index in [0.717, 1.165) is 41.7 Å². The first-order chi connectivity index (χ1) is 11.2. The summed E-state index contributed by atoms with van der Waals surface area (Å²) in [7, 11) is 2.26. The van der Waals surface area contributed by atoms with E-state index in [2.05, 4.69) is 39.8 Å². The summed E-state index contributed by atoms with van der Waals surface area (Å²) in [5, 5.41) is 1.15. The molecule has 5 heteroatoms. The van der Waals surface area contributed by atoms with Crippen molar-refractivity contribution in [2.45, 2.75) is 39.5 Å². The van der Waals surface area contributed by atoms with Crippen molar-refractivity contribution in [3.05, 3.63) is 18.1 Å². The molecule has 2 aromatic heterocycles. The van der Waals surface area contributed by atoms with Gasteiger partial charge in [0, 0.05) is 25.8 Å². The number of hydrogen-bond donors (Lipinski definition) is 1. The van der Waals surface area contributed by atoms with Crippen molar-refractivity contribution >= 4 is 16.9 Å². The lowest BCUT2D eigenvalue weighted by Gasteiger charge is -2.35. The van der Waals surface area contributed by atoms with Gasteiger partial charge in [0.15, 0.2) is 0 Å². The SMILES string of the molecule is CCCCN(C)CC1CCN(c2nc(C)nc3[nH]ccc23)CC1. The van der Waals surface area contributed by atoms with Crippen molar-refractivity contribution in [2.75, 3.05) is 38.1 Å². The smallest absolute Gasteiger partial charge is 0.143 e. The van der Waals surface area contributed by atoms with E-state index in [1.807, 2.05) is 13.1 Å². The van der Waals surface area contributed by atoms with Crippen LogP contribution in [-0.4, -0.2) is 53.1 Å². The van der Waals surface area contributed by atoms with Gasteiger partial charge in [-0.25, -0.2) is 9.97 Å². The fourth-order valence-corrected chi connectivity index (χ4v) is 3.56. The highest BCUT2D eigenvalue weighted by atomic mass is 15.2. The summed E-state index contributed by atoms with van der Waals surface area (Å²) in [6.07, 6.45) is 7.05. The van der Waals surface area contributed by atoms with Gasteiger partial charge in [-0.15, -0.1) is 0 Å². The second-order valence-corrected chi connectivity index (χ2v) is 6.88. The fraction of sp³-hybridized carbons (Fsp3) is 0.667. The van der Waals surface area contributed by atoms with Gasteiger partial charge in [-0.3, -0.25) is 0 Å². The lowest BCUT2D eigenvalue weighted by atomic mass is 9.96. The summed E-state index contributed by atoms with van der Waals surface area (Å²) in [4.78, 5) is 17.3. The van der Waals surface area contributed by atoms with Crippen LogP contribution in [0.25, 0.3) is 11.0 Å². The van der Waals surface area contributed by atoms with Crippen LogP contribution in [0.2, 0.25) is 0 Å². The van der Waals surface area contributed by atoms with Crippen LogP contribution in [0.5, 0.6) is 0 Å². The Balaban J connectivity index is 1.61. The first kappa shape index (κ1) is 16.2. The van der Waals surface area contributed by atoms with Gasteiger partial charge in [0.2, 0.25) is 0 Å². The number of aromatic amines is 1. The lowest BCUT2D eigenvalue weighted by Crippen LogP contribution is -2.38. The first-order valence-corrected chi connectivity index (χ1v) is 8.92. The van der Waals surface area contributed by atoms with Crippen molar-refractivity contribution in [1.82, 2.24) is 19.9 Å². The zero-order valence-electron chi connectivity index (χ0n) is 14.7. The third kappa shape index (κ3) is 3.83. The standard InChI is InChI=1S/C18H29N5/c1-4-5-10-22(3)13-15-7-11-23(12-8-15)18-16-6-9-19-17(16)20-14(2)21-18/h6,9,15H,4-5,7-8,10-13H2,1-3H3,(H,19,20,21). The van der Waals surface area contributed by atoms with Crippen LogP contribution in [0.1, 0.15) is 38.4 Å². The summed E-state index contributed by atoms with van der Waals surface area (Å²) in [5.41, 5.74) is 0.953. The van der Waals surface area contributed by atoms with Crippen molar-refractivity contribution in [1.29, 1.82) is 0 Å². The lowest BCUT2D eigenvalue weighted by molar-refractivity contribution is 0.246. The molecule has 2 aromatic rings. The predicted octanol–water partition coefficient (Wildman–Crippen LogP) is 3.21. The minimum Gasteiger partial charge on any atom is -0.356 e. The van der Waals surface area contributed by atoms with Crippen molar-refractivity contribution in [2.24, 2.45) is 5.92 Å². The van der Waals surface area contributed by atoms with Crippen LogP contribution < -0.4 is 4.90 Å². The molecule has 0 atom stereocenters. The molecule has 1 N–H and O–H groups in total. The second-order valence-electron chi connectivity index (χ2n) is 6.88. The molecule has 1 aliphatic heterocycles. The van der Waals surface area contributed by atoms with E-state index in [1.54, 1.807) is 0 Å². The highest BCUT2D eigenvalue weighted by molar-refractivity contribution is 5.87. The van der Waals surface area contributed by atoms with Crippen LogP contribution in [0.4, 0.5) is 5.82 Å². The minimum atomic E-state index is 0.817. The van der Waals surface area contributed by atoms with E-state index < -0.39 is 0 Å². The number of piperidine rings is 1. The topological polar surface area (TPSA) is 48.1 Å². The van der Waals surface area contributed by atoms with Crippen molar-refractivity contribution in [3.8, 4) is 0 Å². The summed E-state index contributed by atoms with van der Waals surface area (Å²) in [6, 6.07) is 2.09. The third-order valence-corrected chi connectivity index (χ3v) is 4.88. The van der Waals surface area contributed by atoms with Gasteiger partial charge < -0.3 is 14.8 Å². The molecule has 0 amide bonds. The molecule has 3 rings (SSSR count). The molecule has 1 fully saturated rings. The molecule has 0 bridgehead atoms. The average molecular weight is 315 g/mol. The summed E-state index contributed by atoms with van der Waals surface area (Å²) in [5.74, 6) is 2.76. The highest BCUT2D eigenvalue weighted by Gasteiger charge is 2.23. The molecule has 0 spiro atoms. The molecule has 0 saturated carbocycles. The van der Waals surface area contributed by atoms with Crippen LogP contribution in [-0.2, 0) is 0 Å². The third-order valence-electron chi connectivity index (χ3n) is 4.88. The Bertz CT molecular complexity index is 627. The van der Waals surface area contributed by atoms with Crippen LogP contribution in [0, 0.1) is 12.8 Å². The van der Waals surface area contributed by atoms with E-state index in [-0.39, 0.29) is 0 Å². The summed E-state index contributed by atoms with van der Waals surface area (Å²) in [6.45, 7) is 8.89. The maximum absolute atomic E-state index is 4.71. The predicted molar refractivity (Wildman–Crippen MR) is 96.0 cm³/mol. The number of unbranched alkanes of at least 4 members (excludes halogenated alkanes) is 1. The van der Waals surface area contributed by atoms with Gasteiger partial charge in [-0.1, -0.05) is 13.3 Å². The Labute approximate surface area is 139 Å². The van der Waals surface area contributed by atoms with Gasteiger partial charge >= 0.3 is 0 Å². The largest absolute Gasteiger partial charge is 0.356 e. The van der Waals surface area contributed by atoms with E-state index in [0.29, 0.717) is 0 Å². The summed E-state index contributed by atoms with van der Waals surface area (Å²) < 4.78 is 0. The Hall–Kier alpha value is -1.62. The van der Waals surface area contributed by atoms with Gasteiger partial charge in [0.25, 0.3) is 0 Å². The van der Waals surface area contributed by atoms with Crippen molar-refractivity contribution < 1.29 is 0 Å². The number of rotatable bonds is 6. The average Bonchev–Trinajstić information content (AvgIpc) is 3.01. The molecule has 1 aliphatic rings. The molecule has 126 valence electrons. The van der Waals surface area contributed by atoms with Crippen LogP contribution in [0.3, 0.4) is 0 Å². The fourth-order valence-electron chi connectivity index (χ4n) is 3.56. The zero-order valence-corrected chi connectivity index (χ0v) is 14.7. The van der Waals surface area contributed by atoms with Gasteiger partial charge in [-0.05, 0) is 51.8 Å². The van der Waals surface area contributed by atoms with E-state index >= 15 is 0 Å². The molecule has 0 aliphatic carbocycles. The molecule has 3 heterocycles. The van der Waals surface area contributed by atoms with Crippen LogP contribution in [0.15, 0.2) is 12.3 Å². The molecular formula is C18H29N5. The number of nitrogens with zero attached hydrogens (tertiary/aromatic N) is 4. The van der Waals surface area contributed by atoms with E-state index in [4.69, 9.17) is 4.98 Å². The number of hydrogen-bond acceptors (Lipinski definition) is 4. The molecule has 0 unspecified atom stereocenters. The molecule has 23 heavy (non-hydrogen) atoms. The van der Waals surface area contributed by atoms with Crippen LogP contribution >= 0.6 is 0 Å². The highest BCUT2D eigenvalue weighted by Crippen LogP contribution is 2.28. The van der Waals surface area contributed by atoms with E-state index in [1.165, 1.54) is 38.8 Å². The van der Waals surface area contributed by atoms with Crippen molar-refractivity contribution in [3.63, 3.8) is 0 Å². The van der Waals surface area contributed by atoms with Gasteiger partial charge in [0.1, 0.15) is 17.3 Å². The summed E-state index contributed by atoms with van der Waals surface area (Å²) >= 11 is 0. The molecule has 1 saturated heterocycles. The Morgan fingerprint density at radius 2 is 2.09 bits per heavy atom. The second kappa shape index (κ2) is 7.30. The quantitative estimate of drug-likeness (QED) is 0.889. The molecule has 0 radical (unpaired) electrons. The van der Waals surface area contributed by atoms with E-state index in [9.17, 15) is 0 Å². The molecular weight excluding hydrogens is 286 g/mol. The first-order valence-electron chi connectivity index (χ1n) is 8.92. The maximum atomic E-state index is 4.71. The number of aryl methyl sites for hydroxylation is 1. The minimum absolute atomic E-state index is 0.817. The normalized spacial score (nSPS) is 16.6. The number of H-pyrrole nitrogens is 1. The van der Waals surface area contributed by atoms with Gasteiger partial charge in [0.05, 0.1) is 5.39 Å².